The highest BCUT2D eigenvalue weighted by atomic mass is 14.7. The van der Waals surface area contributed by atoms with Crippen molar-refractivity contribution in [3.05, 3.63) is 53.3 Å². The Morgan fingerprint density at radius 1 is 1.21 bits per heavy atom. The van der Waals surface area contributed by atoms with Crippen LogP contribution in [-0.2, 0) is 6.42 Å². The van der Waals surface area contributed by atoms with Crippen LogP contribution in [0.3, 0.4) is 0 Å². The molecule has 0 saturated heterocycles. The summed E-state index contributed by atoms with van der Waals surface area (Å²) in [6.45, 7) is 2.83. The van der Waals surface area contributed by atoms with Gasteiger partial charge in [-0.05, 0) is 48.9 Å². The summed E-state index contributed by atoms with van der Waals surface area (Å²) in [5.41, 5.74) is 12.5. The molecular formula is C17H20N2. The zero-order valence-electron chi connectivity index (χ0n) is 11.4. The Morgan fingerprint density at radius 3 is 2.74 bits per heavy atom. The Morgan fingerprint density at radius 2 is 2.00 bits per heavy atom. The molecule has 1 aliphatic rings. The van der Waals surface area contributed by atoms with Gasteiger partial charge in [0.05, 0.1) is 0 Å². The molecule has 1 aromatic heterocycles. The van der Waals surface area contributed by atoms with Gasteiger partial charge in [-0.15, -0.1) is 0 Å². The molecule has 1 heterocycles. The van der Waals surface area contributed by atoms with Crippen LogP contribution in [0.4, 0.5) is 0 Å². The molecule has 0 unspecified atom stereocenters. The van der Waals surface area contributed by atoms with Crippen molar-refractivity contribution < 1.29 is 0 Å². The van der Waals surface area contributed by atoms with Crippen molar-refractivity contribution in [1.82, 2.24) is 4.98 Å². The van der Waals surface area contributed by atoms with Gasteiger partial charge in [0, 0.05) is 24.4 Å². The van der Waals surface area contributed by atoms with Crippen LogP contribution < -0.4 is 5.73 Å². The largest absolute Gasteiger partial charge is 0.330 e. The highest BCUT2D eigenvalue weighted by molar-refractivity contribution is 5.68. The molecule has 1 aromatic carbocycles. The fraction of sp³-hybridized carbons (Fsp3) is 0.353. The average molecular weight is 252 g/mol. The Labute approximate surface area is 114 Å². The van der Waals surface area contributed by atoms with Gasteiger partial charge in [-0.25, -0.2) is 0 Å². The normalized spacial score (nSPS) is 18.1. The van der Waals surface area contributed by atoms with Crippen LogP contribution in [0.5, 0.6) is 0 Å². The van der Waals surface area contributed by atoms with Crippen LogP contribution in [0.2, 0.25) is 0 Å². The van der Waals surface area contributed by atoms with Crippen LogP contribution in [-0.4, -0.2) is 11.5 Å². The number of pyridine rings is 1. The average Bonchev–Trinajstić information content (AvgIpc) is 2.47. The number of benzene rings is 1. The summed E-state index contributed by atoms with van der Waals surface area (Å²) >= 11 is 0. The van der Waals surface area contributed by atoms with E-state index in [1.54, 1.807) is 0 Å². The lowest BCUT2D eigenvalue weighted by molar-refractivity contribution is 0.546. The molecule has 0 saturated carbocycles. The van der Waals surface area contributed by atoms with Gasteiger partial charge in [0.25, 0.3) is 0 Å². The van der Waals surface area contributed by atoms with Crippen molar-refractivity contribution in [2.24, 2.45) is 5.73 Å². The first-order valence-electron chi connectivity index (χ1n) is 7.04. The number of rotatable bonds is 2. The second-order valence-corrected chi connectivity index (χ2v) is 5.41. The van der Waals surface area contributed by atoms with Crippen LogP contribution in [0, 0.1) is 6.92 Å². The number of hydrogen-bond acceptors (Lipinski definition) is 2. The van der Waals surface area contributed by atoms with Gasteiger partial charge in [-0.1, -0.05) is 29.8 Å². The molecule has 0 aliphatic heterocycles. The third kappa shape index (κ3) is 2.28. The van der Waals surface area contributed by atoms with Crippen molar-refractivity contribution in [2.45, 2.75) is 32.1 Å². The summed E-state index contributed by atoms with van der Waals surface area (Å²) in [5, 5.41) is 0. The number of aryl methyl sites for hydroxylation is 1. The van der Waals surface area contributed by atoms with E-state index in [9.17, 15) is 0 Å². The minimum atomic E-state index is 0.439. The fourth-order valence-electron chi connectivity index (χ4n) is 3.02. The van der Waals surface area contributed by atoms with E-state index in [4.69, 9.17) is 5.73 Å². The van der Waals surface area contributed by atoms with Gasteiger partial charge in [-0.2, -0.15) is 0 Å². The lowest BCUT2D eigenvalue weighted by atomic mass is 9.83. The number of nitrogens with two attached hydrogens (primary N) is 1. The Kier molecular flexibility index (Phi) is 3.34. The van der Waals surface area contributed by atoms with Crippen LogP contribution >= 0.6 is 0 Å². The van der Waals surface area contributed by atoms with Crippen molar-refractivity contribution in [2.75, 3.05) is 6.54 Å². The zero-order valence-corrected chi connectivity index (χ0v) is 11.4. The maximum Gasteiger partial charge on any atom is 0.0485 e. The van der Waals surface area contributed by atoms with E-state index in [1.165, 1.54) is 40.8 Å². The van der Waals surface area contributed by atoms with Crippen molar-refractivity contribution >= 4 is 0 Å². The van der Waals surface area contributed by atoms with Crippen molar-refractivity contribution in [1.29, 1.82) is 0 Å². The molecule has 0 amide bonds. The maximum atomic E-state index is 5.89. The smallest absolute Gasteiger partial charge is 0.0485 e. The van der Waals surface area contributed by atoms with Crippen molar-refractivity contribution in [3.8, 4) is 11.1 Å². The van der Waals surface area contributed by atoms with Gasteiger partial charge < -0.3 is 5.73 Å². The first kappa shape index (κ1) is 12.4. The van der Waals surface area contributed by atoms with E-state index in [0.717, 1.165) is 6.42 Å². The first-order valence-corrected chi connectivity index (χ1v) is 7.04. The molecule has 3 rings (SSSR count). The molecule has 2 N–H and O–H groups in total. The lowest BCUT2D eigenvalue weighted by Crippen LogP contribution is -2.20. The van der Waals surface area contributed by atoms with Crippen LogP contribution in [0.1, 0.15) is 35.6 Å². The maximum absolute atomic E-state index is 5.89. The van der Waals surface area contributed by atoms with E-state index in [2.05, 4.69) is 42.2 Å². The predicted octanol–water partition coefficient (Wildman–Crippen LogP) is 3.44. The van der Waals surface area contributed by atoms with Gasteiger partial charge in [0.1, 0.15) is 0 Å². The summed E-state index contributed by atoms with van der Waals surface area (Å²) in [6.07, 6.45) is 5.46. The fourth-order valence-corrected chi connectivity index (χ4v) is 3.02. The Balaban J connectivity index is 2.10. The molecule has 0 fully saturated rings. The molecule has 1 atom stereocenters. The monoisotopic (exact) mass is 252 g/mol. The topological polar surface area (TPSA) is 38.9 Å². The molecule has 1 aliphatic carbocycles. The highest BCUT2D eigenvalue weighted by Crippen LogP contribution is 2.35. The van der Waals surface area contributed by atoms with Gasteiger partial charge >= 0.3 is 0 Å². The highest BCUT2D eigenvalue weighted by Gasteiger charge is 2.22. The SMILES string of the molecule is Cc1ccc(-c2ccnc3c2CCC[C@@H]3CN)cc1. The van der Waals surface area contributed by atoms with E-state index in [-0.39, 0.29) is 0 Å². The van der Waals surface area contributed by atoms with Crippen LogP contribution in [0.25, 0.3) is 11.1 Å². The van der Waals surface area contributed by atoms with E-state index in [0.29, 0.717) is 12.5 Å². The molecule has 2 nitrogen and oxygen atoms in total. The summed E-state index contributed by atoms with van der Waals surface area (Å²) in [4.78, 5) is 4.60. The third-order valence-electron chi connectivity index (χ3n) is 4.10. The van der Waals surface area contributed by atoms with Gasteiger partial charge in [0.15, 0.2) is 0 Å². The molecule has 19 heavy (non-hydrogen) atoms. The quantitative estimate of drug-likeness (QED) is 0.889. The minimum absolute atomic E-state index is 0.439. The minimum Gasteiger partial charge on any atom is -0.330 e. The standard InChI is InChI=1S/C17H20N2/c1-12-5-7-13(8-6-12)15-9-10-19-17-14(11-18)3-2-4-16(15)17/h5-10,14H,2-4,11,18H2,1H3/t14-/m1/s1. The van der Waals surface area contributed by atoms with Crippen molar-refractivity contribution in [3.63, 3.8) is 0 Å². The zero-order chi connectivity index (χ0) is 13.2. The second kappa shape index (κ2) is 5.14. The molecule has 0 bridgehead atoms. The van der Waals surface area contributed by atoms with Crippen LogP contribution in [0.15, 0.2) is 36.5 Å². The molecule has 2 aromatic rings. The van der Waals surface area contributed by atoms with E-state index >= 15 is 0 Å². The van der Waals surface area contributed by atoms with Gasteiger partial charge in [-0.3, -0.25) is 4.98 Å². The number of aromatic nitrogens is 1. The molecule has 2 heteroatoms. The second-order valence-electron chi connectivity index (χ2n) is 5.41. The number of nitrogens with zero attached hydrogens (tertiary/aromatic N) is 1. The summed E-state index contributed by atoms with van der Waals surface area (Å²) in [6, 6.07) is 10.9. The third-order valence-corrected chi connectivity index (χ3v) is 4.10. The van der Waals surface area contributed by atoms with E-state index < -0.39 is 0 Å². The Hall–Kier alpha value is -1.67. The summed E-state index contributed by atoms with van der Waals surface area (Å²) < 4.78 is 0. The molecular weight excluding hydrogens is 232 g/mol. The predicted molar refractivity (Wildman–Crippen MR) is 79.1 cm³/mol. The first-order chi connectivity index (χ1) is 9.29. The Bertz CT molecular complexity index is 572. The lowest BCUT2D eigenvalue weighted by Gasteiger charge is -2.25. The summed E-state index contributed by atoms with van der Waals surface area (Å²) in [5.74, 6) is 0.439. The van der Waals surface area contributed by atoms with E-state index in [1.807, 2.05) is 6.20 Å². The molecule has 98 valence electrons. The number of hydrogen-bond donors (Lipinski definition) is 1. The molecule has 0 spiro atoms. The summed E-state index contributed by atoms with van der Waals surface area (Å²) in [7, 11) is 0. The molecule has 0 radical (unpaired) electrons. The number of fused-ring (bicyclic) bond motifs is 1. The van der Waals surface area contributed by atoms with Gasteiger partial charge in [0.2, 0.25) is 0 Å².